The summed E-state index contributed by atoms with van der Waals surface area (Å²) in [6, 6.07) is 11.7. The minimum atomic E-state index is 0.204. The van der Waals surface area contributed by atoms with Crippen molar-refractivity contribution in [2.45, 2.75) is 49.9 Å². The molecule has 0 saturated carbocycles. The van der Waals surface area contributed by atoms with Crippen molar-refractivity contribution in [2.75, 3.05) is 53.4 Å². The van der Waals surface area contributed by atoms with Crippen LogP contribution in [0.3, 0.4) is 0 Å². The van der Waals surface area contributed by atoms with Crippen molar-refractivity contribution in [1.82, 2.24) is 14.7 Å². The van der Waals surface area contributed by atoms with Gasteiger partial charge in [0.2, 0.25) is 0 Å². The summed E-state index contributed by atoms with van der Waals surface area (Å²) < 4.78 is 6.65. The minimum absolute atomic E-state index is 0.204. The maximum absolute atomic E-state index is 6.65. The van der Waals surface area contributed by atoms with Crippen molar-refractivity contribution in [1.29, 1.82) is 0 Å². The van der Waals surface area contributed by atoms with Gasteiger partial charge in [-0.05, 0) is 64.9 Å². The van der Waals surface area contributed by atoms with E-state index in [-0.39, 0.29) is 5.60 Å². The molecule has 5 rings (SSSR count). The van der Waals surface area contributed by atoms with E-state index < -0.39 is 0 Å². The van der Waals surface area contributed by atoms with Crippen molar-refractivity contribution >= 4 is 0 Å². The third kappa shape index (κ3) is 3.54. The van der Waals surface area contributed by atoms with Gasteiger partial charge in [-0.25, -0.2) is 0 Å². The average molecular weight is 384 g/mol. The molecular weight excluding hydrogens is 346 g/mol. The molecule has 4 atom stereocenters. The number of benzene rings is 1. The lowest BCUT2D eigenvalue weighted by Gasteiger charge is -2.37. The number of nitrogens with zero attached hydrogens (tertiary/aromatic N) is 3. The maximum Gasteiger partial charge on any atom is 0.0858 e. The molecule has 0 aliphatic carbocycles. The molecule has 4 nitrogen and oxygen atoms in total. The lowest BCUT2D eigenvalue weighted by Crippen LogP contribution is -2.46. The molecule has 0 unspecified atom stereocenters. The quantitative estimate of drug-likeness (QED) is 0.752. The minimum Gasteiger partial charge on any atom is -0.370 e. The van der Waals surface area contributed by atoms with Gasteiger partial charge in [-0.1, -0.05) is 30.3 Å². The Morgan fingerprint density at radius 1 is 1.11 bits per heavy atom. The van der Waals surface area contributed by atoms with Crippen LogP contribution in [0.15, 0.2) is 30.3 Å². The van der Waals surface area contributed by atoms with Crippen LogP contribution in [0.1, 0.15) is 31.2 Å². The van der Waals surface area contributed by atoms with Crippen LogP contribution in [0.4, 0.5) is 0 Å². The van der Waals surface area contributed by atoms with Crippen LogP contribution in [0.25, 0.3) is 0 Å². The number of hydrogen-bond donors (Lipinski definition) is 0. The largest absolute Gasteiger partial charge is 0.370 e. The number of fused-ring (bicyclic) bond motifs is 1. The zero-order chi connectivity index (χ0) is 19.1. The van der Waals surface area contributed by atoms with Crippen LogP contribution in [-0.4, -0.2) is 85.8 Å². The zero-order valence-electron chi connectivity index (χ0n) is 17.7. The Kier molecular flexibility index (Phi) is 5.25. The van der Waals surface area contributed by atoms with E-state index in [1.54, 1.807) is 0 Å². The van der Waals surface area contributed by atoms with Crippen LogP contribution in [-0.2, 0) is 11.2 Å². The molecule has 4 fully saturated rings. The van der Waals surface area contributed by atoms with Gasteiger partial charge in [0.15, 0.2) is 0 Å². The highest BCUT2D eigenvalue weighted by molar-refractivity contribution is 5.15. The Hall–Kier alpha value is -0.940. The monoisotopic (exact) mass is 383 g/mol. The average Bonchev–Trinajstić information content (AvgIpc) is 3.37. The molecule has 4 heterocycles. The molecule has 4 heteroatoms. The fourth-order valence-corrected chi connectivity index (χ4v) is 6.61. The highest BCUT2D eigenvalue weighted by atomic mass is 16.5. The first-order valence-corrected chi connectivity index (χ1v) is 11.5. The highest BCUT2D eigenvalue weighted by Gasteiger charge is 2.63. The Morgan fingerprint density at radius 3 is 2.64 bits per heavy atom. The summed E-state index contributed by atoms with van der Waals surface area (Å²) in [5.41, 5.74) is 1.67. The van der Waals surface area contributed by atoms with Crippen LogP contribution in [0.5, 0.6) is 0 Å². The van der Waals surface area contributed by atoms with Crippen LogP contribution in [0.2, 0.25) is 0 Å². The number of hydrogen-bond acceptors (Lipinski definition) is 4. The van der Waals surface area contributed by atoms with Gasteiger partial charge >= 0.3 is 0 Å². The van der Waals surface area contributed by atoms with Crippen LogP contribution < -0.4 is 0 Å². The Morgan fingerprint density at radius 2 is 1.89 bits per heavy atom. The second kappa shape index (κ2) is 7.71. The summed E-state index contributed by atoms with van der Waals surface area (Å²) in [4.78, 5) is 7.87. The molecule has 0 N–H and O–H groups in total. The summed E-state index contributed by atoms with van der Waals surface area (Å²) >= 11 is 0. The fourth-order valence-electron chi connectivity index (χ4n) is 6.61. The molecule has 0 amide bonds. The fraction of sp³-hybridized carbons (Fsp3) is 0.750. The van der Waals surface area contributed by atoms with Gasteiger partial charge in [-0.15, -0.1) is 0 Å². The second-order valence-electron chi connectivity index (χ2n) is 10.0. The first-order valence-electron chi connectivity index (χ1n) is 11.5. The number of piperidine rings is 1. The van der Waals surface area contributed by atoms with Crippen molar-refractivity contribution < 1.29 is 4.74 Å². The van der Waals surface area contributed by atoms with E-state index in [2.05, 4.69) is 59.1 Å². The summed E-state index contributed by atoms with van der Waals surface area (Å²) in [6.45, 7) is 7.41. The molecule has 1 spiro atoms. The molecule has 0 radical (unpaired) electrons. The molecule has 1 aromatic rings. The second-order valence-corrected chi connectivity index (χ2v) is 10.0. The van der Waals surface area contributed by atoms with Gasteiger partial charge in [-0.2, -0.15) is 0 Å². The molecule has 4 aliphatic rings. The Labute approximate surface area is 170 Å². The molecule has 28 heavy (non-hydrogen) atoms. The van der Waals surface area contributed by atoms with E-state index in [1.807, 2.05) is 0 Å². The number of likely N-dealkylation sites (tertiary alicyclic amines) is 2. The van der Waals surface area contributed by atoms with E-state index in [0.29, 0.717) is 6.10 Å². The molecule has 4 saturated heterocycles. The molecule has 154 valence electrons. The standard InChI is InChI=1S/C24H37N3O/c1-25(2)16-21-22-17-27(18-24(22)12-8-23(21)28-24)20-10-14-26(15-11-20)13-9-19-6-4-3-5-7-19/h3-7,20-23H,8-18H2,1-2H3/t21-,22+,23+,24+/m1/s1. The lowest BCUT2D eigenvalue weighted by atomic mass is 9.73. The first kappa shape index (κ1) is 19.0. The van der Waals surface area contributed by atoms with Crippen molar-refractivity contribution in [3.05, 3.63) is 35.9 Å². The molecule has 4 aliphatic heterocycles. The van der Waals surface area contributed by atoms with E-state index in [1.165, 1.54) is 76.9 Å². The predicted octanol–water partition coefficient (Wildman–Crippen LogP) is 2.73. The van der Waals surface area contributed by atoms with Crippen LogP contribution >= 0.6 is 0 Å². The summed E-state index contributed by atoms with van der Waals surface area (Å²) in [7, 11) is 4.44. The van der Waals surface area contributed by atoms with E-state index in [0.717, 1.165) is 17.9 Å². The number of rotatable bonds is 6. The van der Waals surface area contributed by atoms with Gasteiger partial charge in [0, 0.05) is 44.1 Å². The van der Waals surface area contributed by atoms with Crippen molar-refractivity contribution in [3.8, 4) is 0 Å². The smallest absolute Gasteiger partial charge is 0.0858 e. The highest BCUT2D eigenvalue weighted by Crippen LogP contribution is 2.55. The van der Waals surface area contributed by atoms with E-state index >= 15 is 0 Å². The SMILES string of the molecule is CN(C)C[C@H]1[C@@H]2CC[C@@]3(CN(C4CCN(CCc5ccccc5)CC4)C[C@@H]13)O2. The number of ether oxygens (including phenoxy) is 1. The predicted molar refractivity (Wildman–Crippen MR) is 114 cm³/mol. The van der Waals surface area contributed by atoms with E-state index in [4.69, 9.17) is 4.74 Å². The maximum atomic E-state index is 6.65. The normalized spacial score (nSPS) is 36.5. The van der Waals surface area contributed by atoms with Gasteiger partial charge in [-0.3, -0.25) is 4.90 Å². The topological polar surface area (TPSA) is 19.0 Å². The molecule has 0 aromatic heterocycles. The van der Waals surface area contributed by atoms with Gasteiger partial charge in [0.05, 0.1) is 11.7 Å². The summed E-state index contributed by atoms with van der Waals surface area (Å²) in [5, 5.41) is 0. The van der Waals surface area contributed by atoms with E-state index in [9.17, 15) is 0 Å². The summed E-state index contributed by atoms with van der Waals surface area (Å²) in [6.07, 6.45) is 6.98. The molecule has 2 bridgehead atoms. The summed E-state index contributed by atoms with van der Waals surface area (Å²) in [5.74, 6) is 1.52. The lowest BCUT2D eigenvalue weighted by molar-refractivity contribution is -0.00536. The molecular formula is C24H37N3O. The van der Waals surface area contributed by atoms with Crippen molar-refractivity contribution in [3.63, 3.8) is 0 Å². The Bertz CT molecular complexity index is 657. The van der Waals surface area contributed by atoms with Gasteiger partial charge in [0.1, 0.15) is 0 Å². The zero-order valence-corrected chi connectivity index (χ0v) is 17.7. The van der Waals surface area contributed by atoms with Gasteiger partial charge < -0.3 is 14.5 Å². The molecule has 1 aromatic carbocycles. The van der Waals surface area contributed by atoms with Gasteiger partial charge in [0.25, 0.3) is 0 Å². The third-order valence-electron chi connectivity index (χ3n) is 8.02. The van der Waals surface area contributed by atoms with Crippen LogP contribution in [0, 0.1) is 11.8 Å². The Balaban J connectivity index is 1.14. The third-order valence-corrected chi connectivity index (χ3v) is 8.02. The van der Waals surface area contributed by atoms with Crippen molar-refractivity contribution in [2.24, 2.45) is 11.8 Å². The first-order chi connectivity index (χ1) is 13.6.